The summed E-state index contributed by atoms with van der Waals surface area (Å²) in [5.41, 5.74) is 4.10. The minimum absolute atomic E-state index is 0.151. The van der Waals surface area contributed by atoms with Gasteiger partial charge in [-0.2, -0.15) is 0 Å². The molecule has 3 aromatic carbocycles. The minimum Gasteiger partial charge on any atom is -0.322 e. The molecule has 1 N–H and O–H groups in total. The largest absolute Gasteiger partial charge is 0.322 e. The number of carbonyl (C=O) groups excluding carboxylic acids is 1. The monoisotopic (exact) mass is 404 g/mol. The molecule has 1 aliphatic rings. The predicted molar refractivity (Wildman–Crippen MR) is 116 cm³/mol. The minimum atomic E-state index is -3.68. The van der Waals surface area contributed by atoms with Crippen molar-refractivity contribution >= 4 is 27.3 Å². The molecule has 1 heterocycles. The molecule has 0 aliphatic carbocycles. The highest BCUT2D eigenvalue weighted by Gasteiger charge is 2.34. The van der Waals surface area contributed by atoms with Crippen LogP contribution >= 0.6 is 0 Å². The fourth-order valence-corrected chi connectivity index (χ4v) is 5.09. The molecule has 0 saturated heterocycles. The Labute approximate surface area is 170 Å². The van der Waals surface area contributed by atoms with Gasteiger partial charge in [0.2, 0.25) is 0 Å². The van der Waals surface area contributed by atoms with Crippen LogP contribution < -0.4 is 9.62 Å². The number of nitrogens with zero attached hydrogens (tertiary/aromatic N) is 1. The van der Waals surface area contributed by atoms with E-state index in [2.05, 4.69) is 11.9 Å². The van der Waals surface area contributed by atoms with Crippen molar-refractivity contribution in [2.24, 2.45) is 0 Å². The molecule has 0 radical (unpaired) electrons. The van der Waals surface area contributed by atoms with Crippen LogP contribution in [0.3, 0.4) is 0 Å². The van der Waals surface area contributed by atoms with E-state index in [0.717, 1.165) is 5.56 Å². The Morgan fingerprint density at radius 3 is 2.48 bits per heavy atom. The molecule has 0 saturated carbocycles. The summed E-state index contributed by atoms with van der Waals surface area (Å²) >= 11 is 0. The van der Waals surface area contributed by atoms with Crippen molar-refractivity contribution in [1.29, 1.82) is 0 Å². The van der Waals surface area contributed by atoms with Crippen LogP contribution in [-0.2, 0) is 10.0 Å². The molecule has 1 amide bonds. The fraction of sp³-hybridized carbons (Fsp3) is 0.0870. The first-order chi connectivity index (χ1) is 13.9. The third-order valence-corrected chi connectivity index (χ3v) is 6.71. The Hall–Kier alpha value is -3.38. The first kappa shape index (κ1) is 19.0. The maximum atomic E-state index is 13.0. The van der Waals surface area contributed by atoms with E-state index in [1.807, 2.05) is 31.2 Å². The molecule has 5 nitrogen and oxygen atoms in total. The maximum Gasteiger partial charge on any atom is 0.265 e. The van der Waals surface area contributed by atoms with E-state index in [0.29, 0.717) is 28.1 Å². The van der Waals surface area contributed by atoms with Crippen LogP contribution in [0.2, 0.25) is 0 Å². The van der Waals surface area contributed by atoms with E-state index in [1.54, 1.807) is 48.5 Å². The zero-order valence-electron chi connectivity index (χ0n) is 15.9. The molecule has 1 aliphatic heterocycles. The van der Waals surface area contributed by atoms with Gasteiger partial charge in [0.1, 0.15) is 0 Å². The summed E-state index contributed by atoms with van der Waals surface area (Å²) in [6, 6.07) is 19.4. The third kappa shape index (κ3) is 3.32. The van der Waals surface area contributed by atoms with E-state index < -0.39 is 10.0 Å². The number of sulfonamides is 1. The van der Waals surface area contributed by atoms with Crippen LogP contribution in [0.1, 0.15) is 15.9 Å². The Kier molecular flexibility index (Phi) is 4.72. The van der Waals surface area contributed by atoms with Crippen molar-refractivity contribution in [2.45, 2.75) is 11.8 Å². The summed E-state index contributed by atoms with van der Waals surface area (Å²) < 4.78 is 27.4. The molecular formula is C23H20N2O3S. The summed E-state index contributed by atoms with van der Waals surface area (Å²) in [5.74, 6) is -0.252. The SMILES string of the molecule is C=CCN1c2ccc(C(=O)Nc3ccc(C)cc3)cc2-c2ccccc2S1(=O)=O. The van der Waals surface area contributed by atoms with Gasteiger partial charge < -0.3 is 5.32 Å². The zero-order chi connectivity index (χ0) is 20.6. The van der Waals surface area contributed by atoms with Crippen molar-refractivity contribution in [2.75, 3.05) is 16.2 Å². The standard InChI is InChI=1S/C23H20N2O3S/c1-3-14-25-21-13-10-17(23(26)24-18-11-8-16(2)9-12-18)15-20(21)19-6-4-5-7-22(19)29(25,27)28/h3-13,15H,1,14H2,2H3,(H,24,26). The van der Waals surface area contributed by atoms with Gasteiger partial charge in [-0.25, -0.2) is 8.42 Å². The van der Waals surface area contributed by atoms with E-state index in [9.17, 15) is 13.2 Å². The van der Waals surface area contributed by atoms with Gasteiger partial charge in [-0.05, 0) is 43.3 Å². The number of hydrogen-bond donors (Lipinski definition) is 1. The number of anilines is 2. The molecule has 4 rings (SSSR count). The van der Waals surface area contributed by atoms with E-state index in [1.165, 1.54) is 4.31 Å². The van der Waals surface area contributed by atoms with Crippen LogP contribution in [0.15, 0.2) is 84.3 Å². The molecular weight excluding hydrogens is 384 g/mol. The van der Waals surface area contributed by atoms with Crippen molar-refractivity contribution in [1.82, 2.24) is 0 Å². The first-order valence-electron chi connectivity index (χ1n) is 9.17. The van der Waals surface area contributed by atoms with E-state index >= 15 is 0 Å². The second-order valence-corrected chi connectivity index (χ2v) is 8.70. The predicted octanol–water partition coefficient (Wildman–Crippen LogP) is 4.61. The summed E-state index contributed by atoms with van der Waals surface area (Å²) in [4.78, 5) is 13.0. The lowest BCUT2D eigenvalue weighted by atomic mass is 10.00. The Morgan fingerprint density at radius 1 is 1.03 bits per heavy atom. The summed E-state index contributed by atoms with van der Waals surface area (Å²) in [7, 11) is -3.68. The summed E-state index contributed by atoms with van der Waals surface area (Å²) in [6.07, 6.45) is 1.55. The number of aryl methyl sites for hydroxylation is 1. The van der Waals surface area contributed by atoms with E-state index in [4.69, 9.17) is 0 Å². The molecule has 29 heavy (non-hydrogen) atoms. The van der Waals surface area contributed by atoms with Gasteiger partial charge in [-0.3, -0.25) is 9.10 Å². The van der Waals surface area contributed by atoms with Crippen LogP contribution in [-0.4, -0.2) is 20.9 Å². The molecule has 0 spiro atoms. The van der Waals surface area contributed by atoms with Crippen LogP contribution in [0.25, 0.3) is 11.1 Å². The molecule has 0 fully saturated rings. The summed E-state index contributed by atoms with van der Waals surface area (Å²) in [6.45, 7) is 5.81. The second-order valence-electron chi connectivity index (χ2n) is 6.87. The first-order valence-corrected chi connectivity index (χ1v) is 10.6. The molecule has 3 aromatic rings. The lowest BCUT2D eigenvalue weighted by molar-refractivity contribution is 0.102. The molecule has 0 atom stereocenters. The normalized spacial score (nSPS) is 13.9. The van der Waals surface area contributed by atoms with Crippen molar-refractivity contribution in [3.63, 3.8) is 0 Å². The highest BCUT2D eigenvalue weighted by atomic mass is 32.2. The van der Waals surface area contributed by atoms with Gasteiger partial charge in [0, 0.05) is 22.4 Å². The van der Waals surface area contributed by atoms with Crippen LogP contribution in [0, 0.1) is 6.92 Å². The van der Waals surface area contributed by atoms with Crippen LogP contribution in [0.4, 0.5) is 11.4 Å². The van der Waals surface area contributed by atoms with Crippen LogP contribution in [0.5, 0.6) is 0 Å². The highest BCUT2D eigenvalue weighted by molar-refractivity contribution is 7.93. The second kappa shape index (κ2) is 7.22. The van der Waals surface area contributed by atoms with E-state index in [-0.39, 0.29) is 17.3 Å². The maximum absolute atomic E-state index is 13.0. The Balaban J connectivity index is 1.79. The highest BCUT2D eigenvalue weighted by Crippen LogP contribution is 2.43. The van der Waals surface area contributed by atoms with Gasteiger partial charge in [0.25, 0.3) is 15.9 Å². The van der Waals surface area contributed by atoms with Gasteiger partial charge >= 0.3 is 0 Å². The molecule has 0 bridgehead atoms. The average Bonchev–Trinajstić information content (AvgIpc) is 2.72. The van der Waals surface area contributed by atoms with Gasteiger partial charge in [-0.15, -0.1) is 6.58 Å². The smallest absolute Gasteiger partial charge is 0.265 e. The molecule has 0 aromatic heterocycles. The third-order valence-electron chi connectivity index (χ3n) is 4.88. The van der Waals surface area contributed by atoms with Crippen molar-refractivity contribution in [3.05, 3.63) is 90.5 Å². The van der Waals surface area contributed by atoms with Gasteiger partial charge in [-0.1, -0.05) is 42.0 Å². The number of nitrogens with one attached hydrogen (secondary N) is 1. The molecule has 0 unspecified atom stereocenters. The number of hydrogen-bond acceptors (Lipinski definition) is 3. The summed E-state index contributed by atoms with van der Waals surface area (Å²) in [5, 5.41) is 2.88. The van der Waals surface area contributed by atoms with Crippen molar-refractivity contribution in [3.8, 4) is 11.1 Å². The lowest BCUT2D eigenvalue weighted by Crippen LogP contribution is -2.34. The lowest BCUT2D eigenvalue weighted by Gasteiger charge is -2.31. The molecule has 6 heteroatoms. The zero-order valence-corrected chi connectivity index (χ0v) is 16.7. The number of rotatable bonds is 4. The quantitative estimate of drug-likeness (QED) is 0.646. The topological polar surface area (TPSA) is 66.5 Å². The van der Waals surface area contributed by atoms with Gasteiger partial charge in [0.15, 0.2) is 0 Å². The molecule has 146 valence electrons. The number of carbonyl (C=O) groups is 1. The van der Waals surface area contributed by atoms with Gasteiger partial charge in [0.05, 0.1) is 17.1 Å². The fourth-order valence-electron chi connectivity index (χ4n) is 3.43. The average molecular weight is 404 g/mol. The Bertz CT molecular complexity index is 1220. The number of fused-ring (bicyclic) bond motifs is 3. The number of benzene rings is 3. The Morgan fingerprint density at radius 2 is 1.76 bits per heavy atom. The van der Waals surface area contributed by atoms with Crippen molar-refractivity contribution < 1.29 is 13.2 Å². The number of amides is 1.